The zero-order valence-corrected chi connectivity index (χ0v) is 10.0. The summed E-state index contributed by atoms with van der Waals surface area (Å²) < 4.78 is 36.9. The van der Waals surface area contributed by atoms with Crippen molar-refractivity contribution < 1.29 is 13.2 Å². The van der Waals surface area contributed by atoms with Crippen molar-refractivity contribution in [3.8, 4) is 0 Å². The van der Waals surface area contributed by atoms with Crippen LogP contribution in [0.15, 0.2) is 24.5 Å². The van der Waals surface area contributed by atoms with E-state index in [9.17, 15) is 13.2 Å². The van der Waals surface area contributed by atoms with Crippen LogP contribution in [0, 0.1) is 5.92 Å². The first-order valence-corrected chi connectivity index (χ1v) is 5.28. The predicted octanol–water partition coefficient (Wildman–Crippen LogP) is 3.81. The van der Waals surface area contributed by atoms with E-state index in [1.54, 1.807) is 0 Å². The largest absolute Gasteiger partial charge is 0.451 e. The molecule has 0 radical (unpaired) electrons. The van der Waals surface area contributed by atoms with Gasteiger partial charge in [0.2, 0.25) is 5.82 Å². The number of alkyl halides is 3. The average molecular weight is 244 g/mol. The van der Waals surface area contributed by atoms with E-state index < -0.39 is 12.0 Å². The molecule has 0 fully saturated rings. The Bertz CT molecular complexity index is 393. The summed E-state index contributed by atoms with van der Waals surface area (Å²) in [5.41, 5.74) is 1.56. The van der Waals surface area contributed by atoms with Crippen LogP contribution in [-0.2, 0) is 6.18 Å². The number of halogens is 3. The van der Waals surface area contributed by atoms with Gasteiger partial charge in [-0.2, -0.15) is 13.2 Å². The number of hydrogen-bond acceptors (Lipinski definition) is 2. The fourth-order valence-corrected chi connectivity index (χ4v) is 1.88. The van der Waals surface area contributed by atoms with E-state index >= 15 is 0 Å². The van der Waals surface area contributed by atoms with Crippen LogP contribution in [0.25, 0.3) is 0 Å². The van der Waals surface area contributed by atoms with Gasteiger partial charge in [-0.25, -0.2) is 9.97 Å². The Labute approximate surface area is 98.6 Å². The van der Waals surface area contributed by atoms with Gasteiger partial charge in [0.1, 0.15) is 0 Å². The van der Waals surface area contributed by atoms with E-state index in [1.165, 1.54) is 12.4 Å². The zero-order chi connectivity index (χ0) is 13.2. The predicted molar refractivity (Wildman–Crippen MR) is 59.4 cm³/mol. The third-order valence-corrected chi connectivity index (χ3v) is 2.48. The highest BCUT2D eigenvalue weighted by molar-refractivity contribution is 5.23. The van der Waals surface area contributed by atoms with Crippen molar-refractivity contribution in [1.82, 2.24) is 9.97 Å². The molecule has 17 heavy (non-hydrogen) atoms. The van der Waals surface area contributed by atoms with Crippen LogP contribution in [-0.4, -0.2) is 9.97 Å². The number of nitrogens with zero attached hydrogens (tertiary/aromatic N) is 2. The van der Waals surface area contributed by atoms with E-state index in [0.717, 1.165) is 5.57 Å². The van der Waals surface area contributed by atoms with Crippen LogP contribution >= 0.6 is 0 Å². The van der Waals surface area contributed by atoms with Gasteiger partial charge in [-0.3, -0.25) is 0 Å². The maximum Gasteiger partial charge on any atom is 0.451 e. The second kappa shape index (κ2) is 4.85. The zero-order valence-electron chi connectivity index (χ0n) is 10.0. The highest BCUT2D eigenvalue weighted by atomic mass is 19.4. The van der Waals surface area contributed by atoms with Gasteiger partial charge in [0.15, 0.2) is 0 Å². The summed E-state index contributed by atoms with van der Waals surface area (Å²) in [4.78, 5) is 6.72. The van der Waals surface area contributed by atoms with Crippen LogP contribution in [0.2, 0.25) is 0 Å². The van der Waals surface area contributed by atoms with Gasteiger partial charge < -0.3 is 0 Å². The Morgan fingerprint density at radius 1 is 1.24 bits per heavy atom. The molecule has 94 valence electrons. The molecule has 1 aromatic heterocycles. The Balaban J connectivity index is 3.05. The SMILES string of the molecule is C=C(C)[C@H](c1cnc(C(F)(F)F)nc1)C(C)C. The van der Waals surface area contributed by atoms with Gasteiger partial charge in [0.05, 0.1) is 0 Å². The molecule has 0 aliphatic carbocycles. The summed E-state index contributed by atoms with van der Waals surface area (Å²) in [6.07, 6.45) is -2.03. The van der Waals surface area contributed by atoms with Crippen LogP contribution in [0.5, 0.6) is 0 Å². The lowest BCUT2D eigenvalue weighted by Crippen LogP contribution is -2.13. The number of rotatable bonds is 3. The first-order chi connectivity index (χ1) is 7.73. The summed E-state index contributed by atoms with van der Waals surface area (Å²) in [5, 5.41) is 0. The van der Waals surface area contributed by atoms with Crippen molar-refractivity contribution in [2.45, 2.75) is 32.9 Å². The highest BCUT2D eigenvalue weighted by Crippen LogP contribution is 2.31. The monoisotopic (exact) mass is 244 g/mol. The quantitative estimate of drug-likeness (QED) is 0.755. The molecule has 0 bridgehead atoms. The molecular weight excluding hydrogens is 229 g/mol. The average Bonchev–Trinajstić information content (AvgIpc) is 2.15. The van der Waals surface area contributed by atoms with Gasteiger partial charge in [-0.1, -0.05) is 26.0 Å². The first kappa shape index (κ1) is 13.7. The summed E-state index contributed by atoms with van der Waals surface area (Å²) >= 11 is 0. The Morgan fingerprint density at radius 2 is 1.71 bits per heavy atom. The maximum atomic E-state index is 12.3. The topological polar surface area (TPSA) is 25.8 Å². The molecule has 1 heterocycles. The van der Waals surface area contributed by atoms with Gasteiger partial charge in [-0.05, 0) is 18.4 Å². The molecule has 5 heteroatoms. The first-order valence-electron chi connectivity index (χ1n) is 5.28. The summed E-state index contributed by atoms with van der Waals surface area (Å²) in [5.74, 6) is -0.879. The molecule has 0 saturated heterocycles. The van der Waals surface area contributed by atoms with Gasteiger partial charge in [0.25, 0.3) is 0 Å². The van der Waals surface area contributed by atoms with Crippen molar-refractivity contribution in [3.05, 3.63) is 35.9 Å². The summed E-state index contributed by atoms with van der Waals surface area (Å²) in [6, 6.07) is 0. The van der Waals surface area contributed by atoms with E-state index in [1.807, 2.05) is 20.8 Å². The smallest absolute Gasteiger partial charge is 0.233 e. The fourth-order valence-electron chi connectivity index (χ4n) is 1.88. The van der Waals surface area contributed by atoms with Crippen molar-refractivity contribution in [2.75, 3.05) is 0 Å². The Morgan fingerprint density at radius 3 is 2.00 bits per heavy atom. The molecule has 0 spiro atoms. The molecule has 0 N–H and O–H groups in total. The number of allylic oxidation sites excluding steroid dienone is 1. The molecule has 0 aromatic carbocycles. The highest BCUT2D eigenvalue weighted by Gasteiger charge is 2.34. The lowest BCUT2D eigenvalue weighted by molar-refractivity contribution is -0.145. The summed E-state index contributed by atoms with van der Waals surface area (Å²) in [6.45, 7) is 9.66. The normalized spacial score (nSPS) is 13.8. The molecule has 1 aromatic rings. The minimum Gasteiger partial charge on any atom is -0.233 e. The van der Waals surface area contributed by atoms with Crippen LogP contribution < -0.4 is 0 Å². The van der Waals surface area contributed by atoms with E-state index in [2.05, 4.69) is 16.5 Å². The Hall–Kier alpha value is -1.39. The third kappa shape index (κ3) is 3.28. The molecule has 0 unspecified atom stereocenters. The van der Waals surface area contributed by atoms with Gasteiger partial charge >= 0.3 is 6.18 Å². The van der Waals surface area contributed by atoms with Gasteiger partial charge in [-0.15, -0.1) is 0 Å². The lowest BCUT2D eigenvalue weighted by atomic mass is 9.85. The van der Waals surface area contributed by atoms with Crippen molar-refractivity contribution in [2.24, 2.45) is 5.92 Å². The Kier molecular flexibility index (Phi) is 3.91. The van der Waals surface area contributed by atoms with Crippen LogP contribution in [0.4, 0.5) is 13.2 Å². The van der Waals surface area contributed by atoms with Crippen molar-refractivity contribution in [1.29, 1.82) is 0 Å². The van der Waals surface area contributed by atoms with Crippen LogP contribution in [0.1, 0.15) is 38.1 Å². The molecule has 2 nitrogen and oxygen atoms in total. The molecule has 0 aliphatic rings. The molecular formula is C12H15F3N2. The lowest BCUT2D eigenvalue weighted by Gasteiger charge is -2.21. The second-order valence-electron chi connectivity index (χ2n) is 4.41. The molecule has 1 atom stereocenters. The van der Waals surface area contributed by atoms with Gasteiger partial charge in [0, 0.05) is 18.3 Å². The minimum atomic E-state index is -4.49. The maximum absolute atomic E-state index is 12.3. The molecule has 0 amide bonds. The van der Waals surface area contributed by atoms with Crippen molar-refractivity contribution in [3.63, 3.8) is 0 Å². The molecule has 0 saturated carbocycles. The number of aromatic nitrogens is 2. The summed E-state index contributed by atoms with van der Waals surface area (Å²) in [7, 11) is 0. The van der Waals surface area contributed by atoms with Crippen molar-refractivity contribution >= 4 is 0 Å². The minimum absolute atomic E-state index is 0.0164. The van der Waals surface area contributed by atoms with Crippen LogP contribution in [0.3, 0.4) is 0 Å². The molecule has 1 rings (SSSR count). The number of hydrogen-bond donors (Lipinski definition) is 0. The van der Waals surface area contributed by atoms with E-state index in [-0.39, 0.29) is 11.8 Å². The second-order valence-corrected chi connectivity index (χ2v) is 4.41. The standard InChI is InChI=1S/C12H15F3N2/c1-7(2)10(8(3)4)9-5-16-11(17-6-9)12(13,14)15/h5-6,8,10H,1H2,2-4H3/t10-/m0/s1. The van der Waals surface area contributed by atoms with E-state index in [4.69, 9.17) is 0 Å². The van der Waals surface area contributed by atoms with E-state index in [0.29, 0.717) is 5.56 Å². The molecule has 0 aliphatic heterocycles. The fraction of sp³-hybridized carbons (Fsp3) is 0.500. The third-order valence-electron chi connectivity index (χ3n) is 2.48.